The van der Waals surface area contributed by atoms with Gasteiger partial charge in [0.15, 0.2) is 0 Å². The lowest BCUT2D eigenvalue weighted by molar-refractivity contribution is 0.674. The molecule has 0 saturated heterocycles. The largest absolute Gasteiger partial charge is 0.331 e. The Kier molecular flexibility index (Phi) is 5.08. The Labute approximate surface area is 113 Å². The van der Waals surface area contributed by atoms with Crippen LogP contribution < -0.4 is 5.32 Å². The molecule has 0 aliphatic carbocycles. The molecule has 1 N–H and O–H groups in total. The monoisotopic (exact) mass is 263 g/mol. The zero-order valence-corrected chi connectivity index (χ0v) is 12.0. The molecule has 0 spiro atoms. The van der Waals surface area contributed by atoms with Crippen LogP contribution in [0.15, 0.2) is 24.5 Å². The standard InChI is InChI=1S/C14H21N3S/c1-3-6-15-10-12-11-17(8-9-18-2)14-13(12)5-4-7-16-14/h4-5,7,11,15H,3,6,8-10H2,1-2H3. The maximum Gasteiger partial charge on any atom is 0.140 e. The van der Waals surface area contributed by atoms with Gasteiger partial charge in [-0.25, -0.2) is 4.98 Å². The predicted molar refractivity (Wildman–Crippen MR) is 80.1 cm³/mol. The second-order valence-electron chi connectivity index (χ2n) is 4.39. The maximum atomic E-state index is 4.51. The highest BCUT2D eigenvalue weighted by Gasteiger charge is 2.08. The summed E-state index contributed by atoms with van der Waals surface area (Å²) in [6, 6.07) is 4.19. The van der Waals surface area contributed by atoms with Crippen molar-refractivity contribution < 1.29 is 0 Å². The van der Waals surface area contributed by atoms with Crippen LogP contribution in [0.1, 0.15) is 18.9 Å². The fraction of sp³-hybridized carbons (Fsp3) is 0.500. The number of nitrogens with one attached hydrogen (secondary N) is 1. The molecule has 2 heterocycles. The first kappa shape index (κ1) is 13.4. The van der Waals surface area contributed by atoms with Gasteiger partial charge in [0.2, 0.25) is 0 Å². The predicted octanol–water partition coefficient (Wildman–Crippen LogP) is 2.90. The zero-order chi connectivity index (χ0) is 12.8. The van der Waals surface area contributed by atoms with Crippen LogP contribution in [0, 0.1) is 0 Å². The first-order valence-corrected chi connectivity index (χ1v) is 7.88. The molecule has 0 atom stereocenters. The molecule has 2 rings (SSSR count). The van der Waals surface area contributed by atoms with Gasteiger partial charge in [-0.1, -0.05) is 6.92 Å². The van der Waals surface area contributed by atoms with Crippen molar-refractivity contribution in [1.82, 2.24) is 14.9 Å². The molecule has 0 fully saturated rings. The molecule has 0 aromatic carbocycles. The van der Waals surface area contributed by atoms with Crippen LogP contribution in [0.4, 0.5) is 0 Å². The second-order valence-corrected chi connectivity index (χ2v) is 5.38. The van der Waals surface area contributed by atoms with Crippen molar-refractivity contribution in [3.8, 4) is 0 Å². The number of hydrogen-bond acceptors (Lipinski definition) is 3. The fourth-order valence-electron chi connectivity index (χ4n) is 2.10. The highest BCUT2D eigenvalue weighted by molar-refractivity contribution is 7.98. The van der Waals surface area contributed by atoms with Crippen molar-refractivity contribution in [3.05, 3.63) is 30.1 Å². The molecule has 0 aliphatic rings. The van der Waals surface area contributed by atoms with E-state index in [1.165, 1.54) is 17.4 Å². The number of aromatic nitrogens is 2. The summed E-state index contributed by atoms with van der Waals surface area (Å²) in [6.45, 7) is 5.22. The Bertz CT molecular complexity index is 493. The van der Waals surface area contributed by atoms with E-state index >= 15 is 0 Å². The van der Waals surface area contributed by atoms with E-state index in [-0.39, 0.29) is 0 Å². The maximum absolute atomic E-state index is 4.51. The van der Waals surface area contributed by atoms with Crippen LogP contribution >= 0.6 is 11.8 Å². The van der Waals surface area contributed by atoms with Crippen LogP contribution in [0.2, 0.25) is 0 Å². The summed E-state index contributed by atoms with van der Waals surface area (Å²) in [5, 5.41) is 4.75. The smallest absolute Gasteiger partial charge is 0.140 e. The van der Waals surface area contributed by atoms with Gasteiger partial charge < -0.3 is 9.88 Å². The van der Waals surface area contributed by atoms with Crippen molar-refractivity contribution in [2.45, 2.75) is 26.4 Å². The van der Waals surface area contributed by atoms with E-state index in [0.29, 0.717) is 0 Å². The van der Waals surface area contributed by atoms with Crippen molar-refractivity contribution >= 4 is 22.8 Å². The Morgan fingerprint density at radius 2 is 2.33 bits per heavy atom. The van der Waals surface area contributed by atoms with Crippen molar-refractivity contribution in [2.24, 2.45) is 0 Å². The quantitative estimate of drug-likeness (QED) is 0.779. The molecule has 0 saturated carbocycles. The minimum Gasteiger partial charge on any atom is -0.331 e. The molecule has 0 amide bonds. The number of hydrogen-bond donors (Lipinski definition) is 1. The molecule has 2 aromatic rings. The van der Waals surface area contributed by atoms with Crippen LogP contribution in [-0.2, 0) is 13.1 Å². The van der Waals surface area contributed by atoms with Gasteiger partial charge in [0.1, 0.15) is 5.65 Å². The SMILES string of the molecule is CCCNCc1cn(CCSC)c2ncccc12. The van der Waals surface area contributed by atoms with E-state index in [1.807, 2.05) is 24.0 Å². The number of rotatable bonds is 7. The van der Waals surface area contributed by atoms with Gasteiger partial charge in [0.05, 0.1) is 0 Å². The topological polar surface area (TPSA) is 29.9 Å². The number of fused-ring (bicyclic) bond motifs is 1. The highest BCUT2D eigenvalue weighted by atomic mass is 32.2. The number of pyridine rings is 1. The molecule has 18 heavy (non-hydrogen) atoms. The van der Waals surface area contributed by atoms with Gasteiger partial charge in [-0.15, -0.1) is 0 Å². The van der Waals surface area contributed by atoms with Crippen molar-refractivity contribution in [2.75, 3.05) is 18.6 Å². The Balaban J connectivity index is 2.23. The summed E-state index contributed by atoms with van der Waals surface area (Å²) < 4.78 is 2.27. The molecule has 0 bridgehead atoms. The van der Waals surface area contributed by atoms with Gasteiger partial charge in [-0.3, -0.25) is 0 Å². The van der Waals surface area contributed by atoms with Crippen molar-refractivity contribution in [1.29, 1.82) is 0 Å². The zero-order valence-electron chi connectivity index (χ0n) is 11.1. The van der Waals surface area contributed by atoms with Gasteiger partial charge in [0, 0.05) is 36.6 Å². The van der Waals surface area contributed by atoms with E-state index in [4.69, 9.17) is 0 Å². The van der Waals surface area contributed by atoms with Crippen LogP contribution in [0.5, 0.6) is 0 Å². The Morgan fingerprint density at radius 3 is 3.11 bits per heavy atom. The van der Waals surface area contributed by atoms with E-state index < -0.39 is 0 Å². The lowest BCUT2D eigenvalue weighted by Crippen LogP contribution is -2.13. The van der Waals surface area contributed by atoms with E-state index in [9.17, 15) is 0 Å². The second kappa shape index (κ2) is 6.81. The van der Waals surface area contributed by atoms with E-state index in [1.54, 1.807) is 0 Å². The number of aryl methyl sites for hydroxylation is 1. The number of nitrogens with zero attached hydrogens (tertiary/aromatic N) is 2. The minimum absolute atomic E-state index is 0.933. The van der Waals surface area contributed by atoms with Crippen molar-refractivity contribution in [3.63, 3.8) is 0 Å². The molecule has 4 heteroatoms. The molecule has 0 radical (unpaired) electrons. The lowest BCUT2D eigenvalue weighted by atomic mass is 10.2. The summed E-state index contributed by atoms with van der Waals surface area (Å²) in [5.74, 6) is 1.13. The van der Waals surface area contributed by atoms with E-state index in [2.05, 4.69) is 40.3 Å². The van der Waals surface area contributed by atoms with Gasteiger partial charge in [-0.2, -0.15) is 11.8 Å². The summed E-state index contributed by atoms with van der Waals surface area (Å²) in [7, 11) is 0. The molecule has 98 valence electrons. The highest BCUT2D eigenvalue weighted by Crippen LogP contribution is 2.19. The third kappa shape index (κ3) is 3.06. The first-order chi connectivity index (χ1) is 8.86. The third-order valence-corrected chi connectivity index (χ3v) is 3.59. The molecular formula is C14H21N3S. The van der Waals surface area contributed by atoms with Gasteiger partial charge >= 0.3 is 0 Å². The van der Waals surface area contributed by atoms with Crippen LogP contribution in [0.3, 0.4) is 0 Å². The molecule has 3 nitrogen and oxygen atoms in total. The Morgan fingerprint density at radius 1 is 1.44 bits per heavy atom. The minimum atomic E-state index is 0.933. The summed E-state index contributed by atoms with van der Waals surface area (Å²) in [6.07, 6.45) is 7.43. The summed E-state index contributed by atoms with van der Waals surface area (Å²) >= 11 is 1.87. The Hall–Kier alpha value is -1.00. The molecule has 0 aliphatic heterocycles. The third-order valence-electron chi connectivity index (χ3n) is 2.99. The molecular weight excluding hydrogens is 242 g/mol. The average molecular weight is 263 g/mol. The summed E-state index contributed by atoms with van der Waals surface area (Å²) in [4.78, 5) is 4.51. The number of thioether (sulfide) groups is 1. The van der Waals surface area contributed by atoms with Gasteiger partial charge in [0.25, 0.3) is 0 Å². The molecule has 0 unspecified atom stereocenters. The summed E-state index contributed by atoms with van der Waals surface area (Å²) in [5.41, 5.74) is 2.47. The normalized spacial score (nSPS) is 11.2. The molecule has 2 aromatic heterocycles. The first-order valence-electron chi connectivity index (χ1n) is 6.49. The lowest BCUT2D eigenvalue weighted by Gasteiger charge is -2.01. The van der Waals surface area contributed by atoms with E-state index in [0.717, 1.165) is 31.0 Å². The van der Waals surface area contributed by atoms with Crippen LogP contribution in [-0.4, -0.2) is 28.1 Å². The van der Waals surface area contributed by atoms with Gasteiger partial charge in [-0.05, 0) is 36.9 Å². The fourth-order valence-corrected chi connectivity index (χ4v) is 2.48. The van der Waals surface area contributed by atoms with Crippen LogP contribution in [0.25, 0.3) is 11.0 Å². The average Bonchev–Trinajstić information content (AvgIpc) is 2.76.